The van der Waals surface area contributed by atoms with Gasteiger partial charge in [0.15, 0.2) is 0 Å². The fourth-order valence-corrected chi connectivity index (χ4v) is 3.83. The van der Waals surface area contributed by atoms with E-state index < -0.39 is 6.04 Å². The zero-order valence-electron chi connectivity index (χ0n) is 19.4. The number of furan rings is 1. The van der Waals surface area contributed by atoms with Crippen molar-refractivity contribution in [2.45, 2.75) is 13.0 Å². The van der Waals surface area contributed by atoms with E-state index in [9.17, 15) is 18.8 Å². The molecule has 1 atom stereocenters. The Morgan fingerprint density at radius 3 is 2.20 bits per heavy atom. The van der Waals surface area contributed by atoms with Crippen LogP contribution in [0.1, 0.15) is 27.6 Å². The maximum Gasteiger partial charge on any atom is 0.255 e. The van der Waals surface area contributed by atoms with Gasteiger partial charge >= 0.3 is 0 Å². The third kappa shape index (κ3) is 4.77. The summed E-state index contributed by atoms with van der Waals surface area (Å²) >= 11 is 0. The summed E-state index contributed by atoms with van der Waals surface area (Å²) < 4.78 is 19.4. The molecule has 0 spiro atoms. The number of rotatable bonds is 6. The number of halogens is 1. The van der Waals surface area contributed by atoms with E-state index in [4.69, 9.17) is 4.42 Å². The third-order valence-corrected chi connectivity index (χ3v) is 5.69. The van der Waals surface area contributed by atoms with Crippen molar-refractivity contribution >= 4 is 28.7 Å². The topological polar surface area (TPSA) is 100 Å². The summed E-state index contributed by atoms with van der Waals surface area (Å²) in [6.45, 7) is 1.60. The van der Waals surface area contributed by atoms with Crippen molar-refractivity contribution in [2.75, 3.05) is 14.1 Å². The highest BCUT2D eigenvalue weighted by Gasteiger charge is 2.22. The Labute approximate surface area is 201 Å². The van der Waals surface area contributed by atoms with Crippen LogP contribution in [0.5, 0.6) is 0 Å². The molecule has 0 saturated heterocycles. The SMILES string of the molecule is CNC(=O)c1c(-c2ccc(F)cc2)oc2ccc(-c3cccc(C(=O)N[C@@H](C)C(=O)NC)c3)cc12. The minimum atomic E-state index is -0.682. The number of nitrogens with one attached hydrogen (secondary N) is 3. The van der Waals surface area contributed by atoms with E-state index in [-0.39, 0.29) is 23.5 Å². The molecule has 0 aliphatic rings. The maximum absolute atomic E-state index is 13.4. The number of hydrogen-bond donors (Lipinski definition) is 3. The summed E-state index contributed by atoms with van der Waals surface area (Å²) in [6, 6.07) is 17.4. The Balaban J connectivity index is 1.75. The Hall–Kier alpha value is -4.46. The van der Waals surface area contributed by atoms with E-state index >= 15 is 0 Å². The Morgan fingerprint density at radius 1 is 0.829 bits per heavy atom. The van der Waals surface area contributed by atoms with E-state index in [1.807, 2.05) is 18.2 Å². The smallest absolute Gasteiger partial charge is 0.255 e. The Bertz CT molecular complexity index is 1430. The second-order valence-electron chi connectivity index (χ2n) is 7.99. The van der Waals surface area contributed by atoms with Gasteiger partial charge in [0.2, 0.25) is 5.91 Å². The third-order valence-electron chi connectivity index (χ3n) is 5.69. The standard InChI is InChI=1S/C27H24FN3O4/c1-15(25(32)29-2)31-26(33)19-6-4-5-17(13-19)18-9-12-22-21(14-18)23(27(34)30-3)24(35-22)16-7-10-20(28)11-8-16/h4-15H,1-3H3,(H,29,32)(H,30,34)(H,31,33)/t15-/m0/s1. The molecule has 0 unspecified atom stereocenters. The quantitative estimate of drug-likeness (QED) is 0.392. The molecule has 3 N–H and O–H groups in total. The lowest BCUT2D eigenvalue weighted by Gasteiger charge is -2.13. The molecular weight excluding hydrogens is 449 g/mol. The highest BCUT2D eigenvalue weighted by Crippen LogP contribution is 2.36. The molecule has 0 bridgehead atoms. The predicted molar refractivity (Wildman–Crippen MR) is 131 cm³/mol. The summed E-state index contributed by atoms with van der Waals surface area (Å²) in [5, 5.41) is 8.39. The molecular formula is C27H24FN3O4. The van der Waals surface area contributed by atoms with Gasteiger partial charge in [-0.15, -0.1) is 0 Å². The lowest BCUT2D eigenvalue weighted by molar-refractivity contribution is -0.122. The van der Waals surface area contributed by atoms with Crippen molar-refractivity contribution in [2.24, 2.45) is 0 Å². The molecule has 0 saturated carbocycles. The van der Waals surface area contributed by atoms with Gasteiger partial charge in [-0.05, 0) is 66.6 Å². The predicted octanol–water partition coefficient (Wildman–Crippen LogP) is 4.13. The van der Waals surface area contributed by atoms with Gasteiger partial charge in [0.05, 0.1) is 5.56 Å². The van der Waals surface area contributed by atoms with Crippen molar-refractivity contribution in [3.8, 4) is 22.5 Å². The molecule has 3 aromatic carbocycles. The summed E-state index contributed by atoms with van der Waals surface area (Å²) in [7, 11) is 3.04. The second kappa shape index (κ2) is 9.80. The lowest BCUT2D eigenvalue weighted by atomic mass is 9.99. The zero-order valence-corrected chi connectivity index (χ0v) is 19.4. The lowest BCUT2D eigenvalue weighted by Crippen LogP contribution is -2.43. The van der Waals surface area contributed by atoms with E-state index in [0.717, 1.165) is 11.1 Å². The van der Waals surface area contributed by atoms with E-state index in [0.29, 0.717) is 33.4 Å². The Kier molecular flexibility index (Phi) is 6.64. The van der Waals surface area contributed by atoms with Gasteiger partial charge in [0, 0.05) is 30.6 Å². The number of hydrogen-bond acceptors (Lipinski definition) is 4. The second-order valence-corrected chi connectivity index (χ2v) is 7.99. The van der Waals surface area contributed by atoms with E-state index in [1.165, 1.54) is 26.2 Å². The highest BCUT2D eigenvalue weighted by molar-refractivity contribution is 6.12. The molecule has 4 rings (SSSR count). The van der Waals surface area contributed by atoms with Crippen molar-refractivity contribution < 1.29 is 23.2 Å². The largest absolute Gasteiger partial charge is 0.455 e. The number of benzene rings is 3. The van der Waals surface area contributed by atoms with Crippen LogP contribution in [-0.2, 0) is 4.79 Å². The van der Waals surface area contributed by atoms with Crippen LogP contribution in [0.3, 0.4) is 0 Å². The molecule has 35 heavy (non-hydrogen) atoms. The number of carbonyl (C=O) groups is 3. The molecule has 0 fully saturated rings. The Morgan fingerprint density at radius 2 is 1.51 bits per heavy atom. The first-order valence-corrected chi connectivity index (χ1v) is 11.0. The monoisotopic (exact) mass is 473 g/mol. The summed E-state index contributed by atoms with van der Waals surface area (Å²) in [4.78, 5) is 37.2. The van der Waals surface area contributed by atoms with Crippen molar-refractivity contribution in [3.05, 3.63) is 83.7 Å². The first-order valence-electron chi connectivity index (χ1n) is 11.0. The van der Waals surface area contributed by atoms with Crippen molar-refractivity contribution in [1.29, 1.82) is 0 Å². The van der Waals surface area contributed by atoms with Crippen LogP contribution in [-0.4, -0.2) is 37.9 Å². The zero-order chi connectivity index (χ0) is 25.1. The van der Waals surface area contributed by atoms with Crippen LogP contribution in [0.15, 0.2) is 71.1 Å². The molecule has 178 valence electrons. The number of amides is 3. The molecule has 0 aliphatic carbocycles. The number of fused-ring (bicyclic) bond motifs is 1. The molecule has 7 nitrogen and oxygen atoms in total. The van der Waals surface area contributed by atoms with E-state index in [1.54, 1.807) is 43.3 Å². The minimum absolute atomic E-state index is 0.293. The molecule has 3 amide bonds. The molecule has 1 heterocycles. The summed E-state index contributed by atoms with van der Waals surface area (Å²) in [5.74, 6) is -1.05. The van der Waals surface area contributed by atoms with Crippen LogP contribution < -0.4 is 16.0 Å². The first-order chi connectivity index (χ1) is 16.8. The molecule has 4 aromatic rings. The van der Waals surface area contributed by atoms with Gasteiger partial charge in [-0.3, -0.25) is 14.4 Å². The average molecular weight is 474 g/mol. The van der Waals surface area contributed by atoms with Crippen molar-refractivity contribution in [3.63, 3.8) is 0 Å². The first kappa shape index (κ1) is 23.7. The molecule has 1 aromatic heterocycles. The van der Waals surface area contributed by atoms with Crippen LogP contribution in [0.2, 0.25) is 0 Å². The van der Waals surface area contributed by atoms with Gasteiger partial charge in [-0.25, -0.2) is 4.39 Å². The molecule has 0 radical (unpaired) electrons. The van der Waals surface area contributed by atoms with Crippen LogP contribution >= 0.6 is 0 Å². The van der Waals surface area contributed by atoms with Crippen LogP contribution in [0.4, 0.5) is 4.39 Å². The fraction of sp³-hybridized carbons (Fsp3) is 0.148. The van der Waals surface area contributed by atoms with Crippen LogP contribution in [0.25, 0.3) is 33.4 Å². The molecule has 0 aliphatic heterocycles. The molecule has 8 heteroatoms. The average Bonchev–Trinajstić information content (AvgIpc) is 3.26. The summed E-state index contributed by atoms with van der Waals surface area (Å²) in [6.07, 6.45) is 0. The fourth-order valence-electron chi connectivity index (χ4n) is 3.83. The van der Waals surface area contributed by atoms with Gasteiger partial charge < -0.3 is 20.4 Å². The van der Waals surface area contributed by atoms with Crippen LogP contribution in [0, 0.1) is 5.82 Å². The summed E-state index contributed by atoms with van der Waals surface area (Å²) in [5.41, 5.74) is 3.32. The number of carbonyl (C=O) groups excluding carboxylic acids is 3. The normalized spacial score (nSPS) is 11.7. The van der Waals surface area contributed by atoms with Crippen molar-refractivity contribution in [1.82, 2.24) is 16.0 Å². The highest BCUT2D eigenvalue weighted by atomic mass is 19.1. The minimum Gasteiger partial charge on any atom is -0.455 e. The van der Waals surface area contributed by atoms with Gasteiger partial charge in [0.1, 0.15) is 23.2 Å². The van der Waals surface area contributed by atoms with Gasteiger partial charge in [-0.1, -0.05) is 18.2 Å². The van der Waals surface area contributed by atoms with Gasteiger partial charge in [-0.2, -0.15) is 0 Å². The van der Waals surface area contributed by atoms with E-state index in [2.05, 4.69) is 16.0 Å². The maximum atomic E-state index is 13.4. The van der Waals surface area contributed by atoms with Gasteiger partial charge in [0.25, 0.3) is 11.8 Å². The number of likely N-dealkylation sites (N-methyl/N-ethyl adjacent to an activating group) is 1.